The van der Waals surface area contributed by atoms with Crippen molar-refractivity contribution in [3.05, 3.63) is 141 Å². The fourth-order valence-electron chi connectivity index (χ4n) is 9.51. The summed E-state index contributed by atoms with van der Waals surface area (Å²) in [6.07, 6.45) is -7.90. The Hall–Kier alpha value is -5.50. The maximum Gasteiger partial charge on any atom is 0.416 e. The van der Waals surface area contributed by atoms with Crippen LogP contribution in [-0.2, 0) is 36.9 Å². The lowest BCUT2D eigenvalue weighted by molar-refractivity contribution is -0.143. The van der Waals surface area contributed by atoms with E-state index in [1.807, 2.05) is 0 Å². The highest BCUT2D eigenvalue weighted by Crippen LogP contribution is 2.65. The molecule has 1 heterocycles. The highest BCUT2D eigenvalue weighted by Gasteiger charge is 2.66. The number of fused-ring (bicyclic) bond motifs is 4. The third-order valence-corrected chi connectivity index (χ3v) is 12.3. The van der Waals surface area contributed by atoms with Gasteiger partial charge in [0.05, 0.1) is 41.2 Å². The maximum atomic E-state index is 15.2. The molecule has 4 aromatic rings. The van der Waals surface area contributed by atoms with Gasteiger partial charge in [0.25, 0.3) is 0 Å². The van der Waals surface area contributed by atoms with Crippen LogP contribution < -0.4 is 9.64 Å². The first kappa shape index (κ1) is 38.4. The number of ether oxygens (including phenoxy) is 1. The standard InChI is InChI=1S/C43H30BrF6NO6/c1-57-33-18-25(44)17-31(38(33)54)36-27-12-13-28-35(40(56)51(39(28)55)26-15-23(42(45,46)47)14-24(16-26)43(48,49)50)30(27)19-32-37(53)29(21-8-4-2-5-9-21)20-34(52)41(32,36)22-10-6-3-7-11-22/h2-12,14-18,20,28,30,32,35-36,54H,13,19H2,1H3. The van der Waals surface area contributed by atoms with Gasteiger partial charge in [-0.15, -0.1) is 0 Å². The number of rotatable bonds is 5. The molecule has 8 rings (SSSR count). The number of phenols is 1. The van der Waals surface area contributed by atoms with Crippen LogP contribution in [0.4, 0.5) is 32.0 Å². The lowest BCUT2D eigenvalue weighted by Gasteiger charge is -2.55. The topological polar surface area (TPSA) is 101 Å². The third kappa shape index (κ3) is 5.93. The largest absolute Gasteiger partial charge is 0.504 e. The van der Waals surface area contributed by atoms with Crippen molar-refractivity contribution >= 4 is 50.6 Å². The van der Waals surface area contributed by atoms with Gasteiger partial charge in [-0.1, -0.05) is 88.2 Å². The third-order valence-electron chi connectivity index (χ3n) is 11.8. The van der Waals surface area contributed by atoms with E-state index in [2.05, 4.69) is 15.9 Å². The van der Waals surface area contributed by atoms with E-state index in [1.165, 1.54) is 19.3 Å². The number of aromatic hydroxyl groups is 1. The van der Waals surface area contributed by atoms with Crippen LogP contribution in [0.15, 0.2) is 113 Å². The van der Waals surface area contributed by atoms with Crippen molar-refractivity contribution in [1.29, 1.82) is 0 Å². The van der Waals surface area contributed by atoms with E-state index in [-0.39, 0.29) is 41.5 Å². The number of anilines is 1. The van der Waals surface area contributed by atoms with Gasteiger partial charge in [-0.3, -0.25) is 19.2 Å². The Kier molecular flexibility index (Phi) is 9.13. The van der Waals surface area contributed by atoms with Crippen molar-refractivity contribution in [1.82, 2.24) is 0 Å². The number of hydrogen-bond acceptors (Lipinski definition) is 6. The summed E-state index contributed by atoms with van der Waals surface area (Å²) in [7, 11) is 1.33. The van der Waals surface area contributed by atoms with Gasteiger partial charge in [0.15, 0.2) is 23.1 Å². The van der Waals surface area contributed by atoms with Gasteiger partial charge >= 0.3 is 12.4 Å². The highest BCUT2D eigenvalue weighted by molar-refractivity contribution is 9.10. The fourth-order valence-corrected chi connectivity index (χ4v) is 9.97. The molecular formula is C43H30BrF6NO6. The molecule has 4 aliphatic rings. The zero-order valence-corrected chi connectivity index (χ0v) is 31.3. The van der Waals surface area contributed by atoms with E-state index in [4.69, 9.17) is 4.74 Å². The number of ketones is 2. The number of benzene rings is 4. The molecule has 1 saturated heterocycles. The van der Waals surface area contributed by atoms with Gasteiger partial charge in [-0.05, 0) is 66.3 Å². The molecule has 0 radical (unpaired) electrons. The van der Waals surface area contributed by atoms with E-state index in [1.54, 1.807) is 72.8 Å². The Labute approximate surface area is 329 Å². The second kappa shape index (κ2) is 13.6. The Morgan fingerprint density at radius 1 is 0.807 bits per heavy atom. The number of allylic oxidation sites excluding steroid dienone is 4. The van der Waals surface area contributed by atoms with Gasteiger partial charge < -0.3 is 9.84 Å². The molecule has 1 N–H and O–H groups in total. The minimum atomic E-state index is -5.24. The van der Waals surface area contributed by atoms with Gasteiger partial charge in [0, 0.05) is 27.4 Å². The zero-order chi connectivity index (χ0) is 40.8. The molecule has 14 heteroatoms. The predicted octanol–water partition coefficient (Wildman–Crippen LogP) is 9.23. The normalized spacial score (nSPS) is 26.0. The van der Waals surface area contributed by atoms with Gasteiger partial charge in [0.2, 0.25) is 11.8 Å². The summed E-state index contributed by atoms with van der Waals surface area (Å²) in [5.74, 6) is -9.30. The molecule has 2 fully saturated rings. The van der Waals surface area contributed by atoms with Crippen molar-refractivity contribution in [2.45, 2.75) is 36.5 Å². The number of carbonyl (C=O) groups is 4. The van der Waals surface area contributed by atoms with Gasteiger partial charge in [-0.2, -0.15) is 26.3 Å². The Morgan fingerprint density at radius 2 is 1.42 bits per heavy atom. The molecule has 292 valence electrons. The fraction of sp³-hybridized carbons (Fsp3) is 0.256. The number of carbonyl (C=O) groups excluding carboxylic acids is 4. The van der Waals surface area contributed by atoms with Crippen molar-refractivity contribution in [2.75, 3.05) is 12.0 Å². The Morgan fingerprint density at radius 3 is 2.02 bits per heavy atom. The highest BCUT2D eigenvalue weighted by atomic mass is 79.9. The Balaban J connectivity index is 1.36. The number of Topliss-reactive ketones (excluding diaryl/α,β-unsaturated/α-hetero) is 1. The van der Waals surface area contributed by atoms with Crippen molar-refractivity contribution in [3.8, 4) is 11.5 Å². The molecule has 7 nitrogen and oxygen atoms in total. The predicted molar refractivity (Wildman–Crippen MR) is 198 cm³/mol. The summed E-state index contributed by atoms with van der Waals surface area (Å²) in [4.78, 5) is 59.4. The number of imide groups is 1. The van der Waals surface area contributed by atoms with Crippen LogP contribution in [0.1, 0.15) is 46.6 Å². The van der Waals surface area contributed by atoms with E-state index >= 15 is 9.59 Å². The summed E-state index contributed by atoms with van der Waals surface area (Å²) in [5.41, 5.74) is -4.46. The van der Waals surface area contributed by atoms with E-state index < -0.39 is 87.6 Å². The minimum Gasteiger partial charge on any atom is -0.504 e. The molecule has 4 aromatic carbocycles. The van der Waals surface area contributed by atoms with Crippen molar-refractivity contribution in [3.63, 3.8) is 0 Å². The van der Waals surface area contributed by atoms with Crippen LogP contribution in [0.25, 0.3) is 5.57 Å². The van der Waals surface area contributed by atoms with Crippen LogP contribution >= 0.6 is 15.9 Å². The number of phenolic OH excluding ortho intramolecular Hbond substituents is 1. The number of halogens is 7. The quantitative estimate of drug-likeness (QED) is 0.122. The molecule has 0 spiro atoms. The molecule has 1 saturated carbocycles. The van der Waals surface area contributed by atoms with E-state index in [0.29, 0.717) is 38.2 Å². The first-order chi connectivity index (χ1) is 27.0. The minimum absolute atomic E-state index is 0.0222. The number of nitrogens with zero attached hydrogens (tertiary/aromatic N) is 1. The number of amides is 2. The van der Waals surface area contributed by atoms with Crippen molar-refractivity contribution in [2.24, 2.45) is 23.7 Å². The van der Waals surface area contributed by atoms with Gasteiger partial charge in [0.1, 0.15) is 0 Å². The summed E-state index contributed by atoms with van der Waals surface area (Å²) in [6.45, 7) is 0. The molecule has 6 atom stereocenters. The van der Waals surface area contributed by atoms with Crippen LogP contribution in [-0.4, -0.2) is 35.6 Å². The molecule has 1 aliphatic heterocycles. The van der Waals surface area contributed by atoms with E-state index in [9.17, 15) is 41.0 Å². The maximum absolute atomic E-state index is 15.2. The molecule has 0 bridgehead atoms. The second-order valence-electron chi connectivity index (χ2n) is 14.6. The molecule has 2 amide bonds. The lowest BCUT2D eigenvalue weighted by atomic mass is 9.44. The molecule has 3 aliphatic carbocycles. The van der Waals surface area contributed by atoms with E-state index in [0.717, 1.165) is 0 Å². The molecule has 6 unspecified atom stereocenters. The first-order valence-corrected chi connectivity index (χ1v) is 18.6. The smallest absolute Gasteiger partial charge is 0.416 e. The van der Waals surface area contributed by atoms with Crippen LogP contribution in [0.3, 0.4) is 0 Å². The lowest BCUT2D eigenvalue weighted by Crippen LogP contribution is -2.58. The average molecular weight is 851 g/mol. The number of alkyl halides is 6. The van der Waals surface area contributed by atoms with Crippen LogP contribution in [0.2, 0.25) is 0 Å². The summed E-state index contributed by atoms with van der Waals surface area (Å²) in [6, 6.07) is 20.7. The zero-order valence-electron chi connectivity index (χ0n) is 29.7. The summed E-state index contributed by atoms with van der Waals surface area (Å²) in [5, 5.41) is 11.8. The molecular weight excluding hydrogens is 820 g/mol. The summed E-state index contributed by atoms with van der Waals surface area (Å²) < 4.78 is 89.6. The monoisotopic (exact) mass is 849 g/mol. The average Bonchev–Trinajstić information content (AvgIpc) is 3.44. The Bertz CT molecular complexity index is 2400. The molecule has 0 aromatic heterocycles. The second-order valence-corrected chi connectivity index (χ2v) is 15.5. The van der Waals surface area contributed by atoms with Crippen LogP contribution in [0, 0.1) is 23.7 Å². The van der Waals surface area contributed by atoms with Crippen LogP contribution in [0.5, 0.6) is 11.5 Å². The van der Waals surface area contributed by atoms with Gasteiger partial charge in [-0.25, -0.2) is 4.90 Å². The SMILES string of the molecule is COc1cc(Br)cc(C2C3=CCC4C(=O)N(c5cc(C(F)(F)F)cc(C(F)(F)F)c5)C(=O)C4C3CC3C(=O)C(c4ccccc4)=CC(=O)C32c2ccccc2)c1O. The number of hydrogen-bond donors (Lipinski definition) is 1. The van der Waals surface area contributed by atoms with Crippen molar-refractivity contribution < 1.29 is 55.4 Å². The molecule has 57 heavy (non-hydrogen) atoms. The summed E-state index contributed by atoms with van der Waals surface area (Å²) >= 11 is 3.47. The first-order valence-electron chi connectivity index (χ1n) is 17.8. The number of methoxy groups -OCH3 is 1.